The average molecular weight is 478 g/mol. The molecule has 0 unspecified atom stereocenters. The van der Waals surface area contributed by atoms with Crippen molar-refractivity contribution in [3.63, 3.8) is 0 Å². The van der Waals surface area contributed by atoms with Crippen LogP contribution in [0.2, 0.25) is 0 Å². The Kier molecular flexibility index (Phi) is 6.18. The molecule has 6 heteroatoms. The maximum atomic E-state index is 13.3. The van der Waals surface area contributed by atoms with Crippen molar-refractivity contribution in [2.24, 2.45) is 5.10 Å². The van der Waals surface area contributed by atoms with Crippen LogP contribution < -0.4 is 10.3 Å². The molecule has 0 aliphatic heterocycles. The molecule has 0 aliphatic rings. The molecule has 0 bridgehead atoms. The lowest BCUT2D eigenvalue weighted by Gasteiger charge is -2.14. The molecule has 0 radical (unpaired) electrons. The molecule has 0 fully saturated rings. The largest absolute Gasteiger partial charge is 0.490 e. The molecule has 5 nitrogen and oxygen atoms in total. The first-order chi connectivity index (χ1) is 15.0. The number of hydrogen-bond donors (Lipinski definition) is 0. The molecule has 3 aromatic carbocycles. The summed E-state index contributed by atoms with van der Waals surface area (Å²) >= 11 is 3.44. The molecule has 1 heterocycles. The Hall–Kier alpha value is -2.99. The fourth-order valence-corrected chi connectivity index (χ4v) is 3.94. The molecule has 0 saturated heterocycles. The van der Waals surface area contributed by atoms with Gasteiger partial charge in [-0.1, -0.05) is 53.2 Å². The van der Waals surface area contributed by atoms with Crippen LogP contribution in [0.4, 0.5) is 0 Å². The minimum atomic E-state index is -0.183. The van der Waals surface area contributed by atoms with Crippen LogP contribution in [0.1, 0.15) is 38.6 Å². The average Bonchev–Trinajstić information content (AvgIpc) is 2.75. The number of aromatic nitrogens is 2. The number of benzene rings is 3. The second kappa shape index (κ2) is 9.02. The molecule has 0 spiro atoms. The van der Waals surface area contributed by atoms with Crippen LogP contribution in [0.25, 0.3) is 21.7 Å². The van der Waals surface area contributed by atoms with Gasteiger partial charge in [0, 0.05) is 16.5 Å². The van der Waals surface area contributed by atoms with Gasteiger partial charge in [0.05, 0.1) is 23.2 Å². The predicted octanol–water partition coefficient (Wildman–Crippen LogP) is 5.93. The van der Waals surface area contributed by atoms with E-state index in [-0.39, 0.29) is 11.7 Å². The van der Waals surface area contributed by atoms with Crippen molar-refractivity contribution in [1.29, 1.82) is 0 Å². The number of fused-ring (bicyclic) bond motifs is 2. The maximum Gasteiger partial charge on any atom is 0.282 e. The van der Waals surface area contributed by atoms with Crippen LogP contribution in [-0.2, 0) is 6.42 Å². The summed E-state index contributed by atoms with van der Waals surface area (Å²) in [6, 6.07) is 17.6. The van der Waals surface area contributed by atoms with E-state index in [0.29, 0.717) is 23.1 Å². The van der Waals surface area contributed by atoms with Crippen LogP contribution in [0, 0.1) is 0 Å². The van der Waals surface area contributed by atoms with Crippen LogP contribution in [-0.4, -0.2) is 22.0 Å². The van der Waals surface area contributed by atoms with Crippen molar-refractivity contribution in [3.05, 3.63) is 80.8 Å². The maximum absolute atomic E-state index is 13.3. The summed E-state index contributed by atoms with van der Waals surface area (Å²) in [5.74, 6) is 1.38. The van der Waals surface area contributed by atoms with E-state index in [1.54, 1.807) is 12.3 Å². The van der Waals surface area contributed by atoms with Gasteiger partial charge in [-0.15, -0.1) is 0 Å². The number of halogens is 1. The number of hydrogen-bond acceptors (Lipinski definition) is 4. The molecule has 1 aromatic heterocycles. The van der Waals surface area contributed by atoms with Crippen LogP contribution in [0.3, 0.4) is 0 Å². The van der Waals surface area contributed by atoms with Gasteiger partial charge in [-0.3, -0.25) is 4.79 Å². The second-order valence-corrected chi connectivity index (χ2v) is 8.58. The number of nitrogens with zero attached hydrogens (tertiary/aromatic N) is 3. The summed E-state index contributed by atoms with van der Waals surface area (Å²) in [6.45, 7) is 6.04. The molecule has 0 amide bonds. The molecule has 4 rings (SSSR count). The minimum Gasteiger partial charge on any atom is -0.490 e. The standard InChI is InChI=1S/C25H24BrN3O2/c1-4-7-24-28-22-12-11-18(26)14-20(22)25(30)29(24)27-15-21-19-9-6-5-8-17(19)10-13-23(21)31-16(2)3/h5-6,8-16H,4,7H2,1-3H3. The van der Waals surface area contributed by atoms with Crippen LogP contribution in [0.5, 0.6) is 5.75 Å². The first kappa shape index (κ1) is 21.2. The Morgan fingerprint density at radius 2 is 1.94 bits per heavy atom. The smallest absolute Gasteiger partial charge is 0.282 e. The lowest BCUT2D eigenvalue weighted by molar-refractivity contribution is 0.242. The summed E-state index contributed by atoms with van der Waals surface area (Å²) < 4.78 is 8.28. The van der Waals surface area contributed by atoms with Crippen LogP contribution in [0.15, 0.2) is 69.0 Å². The van der Waals surface area contributed by atoms with Gasteiger partial charge in [0.15, 0.2) is 0 Å². The van der Waals surface area contributed by atoms with E-state index in [2.05, 4.69) is 34.0 Å². The molecule has 158 valence electrons. The van der Waals surface area contributed by atoms with Gasteiger partial charge in [0.25, 0.3) is 5.56 Å². The molecule has 0 N–H and O–H groups in total. The van der Waals surface area contributed by atoms with Crippen molar-refractivity contribution < 1.29 is 4.74 Å². The highest BCUT2D eigenvalue weighted by Crippen LogP contribution is 2.27. The Bertz CT molecular complexity index is 1340. The molecular weight excluding hydrogens is 454 g/mol. The fourth-order valence-electron chi connectivity index (χ4n) is 3.58. The first-order valence-corrected chi connectivity index (χ1v) is 11.2. The van der Waals surface area contributed by atoms with Gasteiger partial charge in [-0.25, -0.2) is 4.98 Å². The van der Waals surface area contributed by atoms with Crippen molar-refractivity contribution in [2.45, 2.75) is 39.7 Å². The molecule has 4 aromatic rings. The van der Waals surface area contributed by atoms with E-state index in [0.717, 1.165) is 33.0 Å². The zero-order chi connectivity index (χ0) is 22.0. The molecule has 0 atom stereocenters. The molecule has 31 heavy (non-hydrogen) atoms. The summed E-state index contributed by atoms with van der Waals surface area (Å²) in [4.78, 5) is 18.0. The van der Waals surface area contributed by atoms with Gasteiger partial charge in [-0.05, 0) is 55.3 Å². The van der Waals surface area contributed by atoms with Crippen molar-refractivity contribution in [3.8, 4) is 5.75 Å². The molecular formula is C25H24BrN3O2. The monoisotopic (exact) mass is 477 g/mol. The van der Waals surface area contributed by atoms with Crippen molar-refractivity contribution in [1.82, 2.24) is 9.66 Å². The van der Waals surface area contributed by atoms with E-state index < -0.39 is 0 Å². The lowest BCUT2D eigenvalue weighted by Crippen LogP contribution is -2.22. The van der Waals surface area contributed by atoms with E-state index in [1.165, 1.54) is 4.68 Å². The quantitative estimate of drug-likeness (QED) is 0.323. The van der Waals surface area contributed by atoms with E-state index in [4.69, 9.17) is 9.72 Å². The number of rotatable bonds is 6. The lowest BCUT2D eigenvalue weighted by atomic mass is 10.0. The summed E-state index contributed by atoms with van der Waals surface area (Å²) in [5, 5.41) is 7.25. The predicted molar refractivity (Wildman–Crippen MR) is 130 cm³/mol. The highest BCUT2D eigenvalue weighted by atomic mass is 79.9. The minimum absolute atomic E-state index is 0.0198. The Labute approximate surface area is 189 Å². The molecule has 0 aliphatic carbocycles. The fraction of sp³-hybridized carbons (Fsp3) is 0.240. The van der Waals surface area contributed by atoms with Gasteiger partial charge in [-0.2, -0.15) is 9.78 Å². The van der Waals surface area contributed by atoms with Crippen molar-refractivity contribution >= 4 is 43.8 Å². The van der Waals surface area contributed by atoms with E-state index >= 15 is 0 Å². The molecule has 0 saturated carbocycles. The highest BCUT2D eigenvalue weighted by molar-refractivity contribution is 9.10. The topological polar surface area (TPSA) is 56.5 Å². The highest BCUT2D eigenvalue weighted by Gasteiger charge is 2.12. The number of aryl methyl sites for hydroxylation is 1. The van der Waals surface area contributed by atoms with Gasteiger partial charge in [0.2, 0.25) is 0 Å². The third-order valence-electron chi connectivity index (χ3n) is 4.94. The van der Waals surface area contributed by atoms with E-state index in [1.807, 2.05) is 56.3 Å². The third kappa shape index (κ3) is 4.39. The SMILES string of the molecule is CCCc1nc2ccc(Br)cc2c(=O)n1N=Cc1c(OC(C)C)ccc2ccccc12. The zero-order valence-corrected chi connectivity index (χ0v) is 19.4. The summed E-state index contributed by atoms with van der Waals surface area (Å²) in [7, 11) is 0. The Morgan fingerprint density at radius 1 is 1.13 bits per heavy atom. The Morgan fingerprint density at radius 3 is 2.71 bits per heavy atom. The number of ether oxygens (including phenoxy) is 1. The van der Waals surface area contributed by atoms with Gasteiger partial charge in [0.1, 0.15) is 11.6 Å². The van der Waals surface area contributed by atoms with Crippen LogP contribution >= 0.6 is 15.9 Å². The Balaban J connectivity index is 1.92. The first-order valence-electron chi connectivity index (χ1n) is 10.4. The summed E-state index contributed by atoms with van der Waals surface area (Å²) in [5.41, 5.74) is 1.34. The zero-order valence-electron chi connectivity index (χ0n) is 17.8. The van der Waals surface area contributed by atoms with Gasteiger partial charge >= 0.3 is 0 Å². The van der Waals surface area contributed by atoms with Crippen molar-refractivity contribution in [2.75, 3.05) is 0 Å². The van der Waals surface area contributed by atoms with E-state index in [9.17, 15) is 4.79 Å². The summed E-state index contributed by atoms with van der Waals surface area (Å²) in [6.07, 6.45) is 3.25. The third-order valence-corrected chi connectivity index (χ3v) is 5.44. The second-order valence-electron chi connectivity index (χ2n) is 7.67. The normalized spacial score (nSPS) is 11.8. The van der Waals surface area contributed by atoms with Gasteiger partial charge < -0.3 is 4.74 Å².